The summed E-state index contributed by atoms with van der Waals surface area (Å²) in [5, 5.41) is 3.21. The van der Waals surface area contributed by atoms with Gasteiger partial charge in [0, 0.05) is 13.1 Å². The average molecular weight is 277 g/mol. The largest absolute Gasteiger partial charge is 0.465 e. The van der Waals surface area contributed by atoms with Crippen LogP contribution in [0.2, 0.25) is 0 Å². The van der Waals surface area contributed by atoms with E-state index in [9.17, 15) is 4.79 Å². The highest BCUT2D eigenvalue weighted by molar-refractivity contribution is 5.76. The summed E-state index contributed by atoms with van der Waals surface area (Å²) in [5.74, 6) is 0.782. The van der Waals surface area contributed by atoms with Crippen molar-refractivity contribution in [2.75, 3.05) is 25.0 Å². The molecule has 2 rings (SSSR count). The van der Waals surface area contributed by atoms with Gasteiger partial charge in [-0.25, -0.2) is 4.98 Å². The van der Waals surface area contributed by atoms with E-state index in [2.05, 4.69) is 15.2 Å². The lowest BCUT2D eigenvalue weighted by Crippen LogP contribution is -2.37. The normalized spacial score (nSPS) is 19.0. The molecule has 1 aromatic rings. The quantitative estimate of drug-likeness (QED) is 0.806. The van der Waals surface area contributed by atoms with Gasteiger partial charge in [0.1, 0.15) is 11.9 Å². The number of rotatable bonds is 6. The molecule has 1 aliphatic heterocycles. The number of ether oxygens (including phenoxy) is 1. The van der Waals surface area contributed by atoms with E-state index in [1.807, 2.05) is 32.0 Å². The second-order valence-corrected chi connectivity index (χ2v) is 4.93. The zero-order valence-corrected chi connectivity index (χ0v) is 12.3. The van der Waals surface area contributed by atoms with E-state index in [0.29, 0.717) is 13.2 Å². The van der Waals surface area contributed by atoms with Gasteiger partial charge in [0.25, 0.3) is 0 Å². The molecule has 110 valence electrons. The molecule has 20 heavy (non-hydrogen) atoms. The van der Waals surface area contributed by atoms with Gasteiger partial charge >= 0.3 is 5.97 Å². The van der Waals surface area contributed by atoms with Gasteiger partial charge in [-0.3, -0.25) is 9.69 Å². The summed E-state index contributed by atoms with van der Waals surface area (Å²) in [6, 6.07) is 5.84. The fourth-order valence-electron chi connectivity index (χ4n) is 2.58. The van der Waals surface area contributed by atoms with Crippen LogP contribution in [0.1, 0.15) is 32.4 Å². The Labute approximate surface area is 120 Å². The van der Waals surface area contributed by atoms with Gasteiger partial charge in [-0.1, -0.05) is 6.07 Å². The van der Waals surface area contributed by atoms with Crippen molar-refractivity contribution in [3.63, 3.8) is 0 Å². The first kappa shape index (κ1) is 14.8. The Bertz CT molecular complexity index is 450. The van der Waals surface area contributed by atoms with Crippen LogP contribution in [0.25, 0.3) is 0 Å². The molecule has 0 radical (unpaired) electrons. The van der Waals surface area contributed by atoms with Gasteiger partial charge in [-0.2, -0.15) is 0 Å². The molecule has 0 bridgehead atoms. The fraction of sp³-hybridized carbons (Fsp3) is 0.600. The van der Waals surface area contributed by atoms with Crippen LogP contribution in [0.4, 0.5) is 5.82 Å². The fourth-order valence-corrected chi connectivity index (χ4v) is 2.58. The van der Waals surface area contributed by atoms with E-state index in [4.69, 9.17) is 4.74 Å². The van der Waals surface area contributed by atoms with Gasteiger partial charge < -0.3 is 10.1 Å². The lowest BCUT2D eigenvalue weighted by molar-refractivity contribution is -0.148. The van der Waals surface area contributed by atoms with Crippen molar-refractivity contribution in [2.24, 2.45) is 0 Å². The molecule has 0 aromatic carbocycles. The number of carbonyl (C=O) groups excluding carboxylic acids is 1. The first-order chi connectivity index (χ1) is 9.74. The van der Waals surface area contributed by atoms with Gasteiger partial charge in [0.05, 0.1) is 12.3 Å². The molecule has 1 N–H and O–H groups in total. The standard InChI is InChI=1S/C15H23N3O2/c1-3-16-14-9-5-7-12(17-14)11-18-10-6-8-13(18)15(19)20-4-2/h5,7,9,13H,3-4,6,8,10-11H2,1-2H3,(H,16,17). The van der Waals surface area contributed by atoms with Crippen LogP contribution in [0.3, 0.4) is 0 Å². The highest BCUT2D eigenvalue weighted by atomic mass is 16.5. The third-order valence-electron chi connectivity index (χ3n) is 3.45. The second-order valence-electron chi connectivity index (χ2n) is 4.93. The summed E-state index contributed by atoms with van der Waals surface area (Å²) >= 11 is 0. The maximum absolute atomic E-state index is 11.9. The van der Waals surface area contributed by atoms with Crippen molar-refractivity contribution in [3.05, 3.63) is 23.9 Å². The first-order valence-corrected chi connectivity index (χ1v) is 7.35. The maximum atomic E-state index is 11.9. The predicted octanol–water partition coefficient (Wildman–Crippen LogP) is 2.04. The molecule has 5 heteroatoms. The number of hydrogen-bond donors (Lipinski definition) is 1. The minimum atomic E-state index is -0.112. The lowest BCUT2D eigenvalue weighted by atomic mass is 10.2. The van der Waals surface area contributed by atoms with Crippen molar-refractivity contribution in [3.8, 4) is 0 Å². The van der Waals surface area contributed by atoms with E-state index in [-0.39, 0.29) is 12.0 Å². The molecule has 0 amide bonds. The Balaban J connectivity index is 2.01. The Morgan fingerprint density at radius 1 is 1.50 bits per heavy atom. The zero-order valence-electron chi connectivity index (χ0n) is 12.3. The first-order valence-electron chi connectivity index (χ1n) is 7.35. The summed E-state index contributed by atoms with van der Waals surface area (Å²) in [6.07, 6.45) is 1.92. The Morgan fingerprint density at radius 2 is 2.35 bits per heavy atom. The highest BCUT2D eigenvalue weighted by Gasteiger charge is 2.31. The van der Waals surface area contributed by atoms with Crippen LogP contribution >= 0.6 is 0 Å². The van der Waals surface area contributed by atoms with E-state index in [1.165, 1.54) is 0 Å². The minimum absolute atomic E-state index is 0.104. The topological polar surface area (TPSA) is 54.5 Å². The number of esters is 1. The van der Waals surface area contributed by atoms with Gasteiger partial charge in [0.2, 0.25) is 0 Å². The van der Waals surface area contributed by atoms with E-state index >= 15 is 0 Å². The molecule has 1 saturated heterocycles. The third-order valence-corrected chi connectivity index (χ3v) is 3.45. The smallest absolute Gasteiger partial charge is 0.323 e. The van der Waals surface area contributed by atoms with Crippen LogP contribution in [0.15, 0.2) is 18.2 Å². The Kier molecular flexibility index (Phi) is 5.35. The number of hydrogen-bond acceptors (Lipinski definition) is 5. The SMILES string of the molecule is CCNc1cccc(CN2CCCC2C(=O)OCC)n1. The van der Waals surface area contributed by atoms with Crippen LogP contribution in [0.5, 0.6) is 0 Å². The molecule has 1 fully saturated rings. The maximum Gasteiger partial charge on any atom is 0.323 e. The number of likely N-dealkylation sites (tertiary alicyclic amines) is 1. The van der Waals surface area contributed by atoms with Crippen molar-refractivity contribution in [1.82, 2.24) is 9.88 Å². The molecule has 5 nitrogen and oxygen atoms in total. The lowest BCUT2D eigenvalue weighted by Gasteiger charge is -2.22. The Morgan fingerprint density at radius 3 is 3.10 bits per heavy atom. The third kappa shape index (κ3) is 3.70. The molecule has 0 spiro atoms. The van der Waals surface area contributed by atoms with Gasteiger partial charge in [-0.15, -0.1) is 0 Å². The minimum Gasteiger partial charge on any atom is -0.465 e. The Hall–Kier alpha value is -1.62. The van der Waals surface area contributed by atoms with Crippen molar-refractivity contribution >= 4 is 11.8 Å². The van der Waals surface area contributed by atoms with Crippen LogP contribution in [-0.2, 0) is 16.1 Å². The van der Waals surface area contributed by atoms with Crippen LogP contribution in [-0.4, -0.2) is 41.6 Å². The number of pyridine rings is 1. The summed E-state index contributed by atoms with van der Waals surface area (Å²) < 4.78 is 5.14. The van der Waals surface area contributed by atoms with Crippen molar-refractivity contribution in [2.45, 2.75) is 39.3 Å². The average Bonchev–Trinajstić information content (AvgIpc) is 2.88. The number of nitrogens with one attached hydrogen (secondary N) is 1. The van der Waals surface area contributed by atoms with E-state index in [0.717, 1.165) is 37.4 Å². The summed E-state index contributed by atoms with van der Waals surface area (Å²) in [4.78, 5) is 18.6. The molecule has 2 heterocycles. The van der Waals surface area contributed by atoms with Crippen LogP contribution in [0, 0.1) is 0 Å². The van der Waals surface area contributed by atoms with Crippen LogP contribution < -0.4 is 5.32 Å². The predicted molar refractivity (Wildman–Crippen MR) is 78.5 cm³/mol. The monoisotopic (exact) mass is 277 g/mol. The second kappa shape index (κ2) is 7.24. The number of anilines is 1. The van der Waals surface area contributed by atoms with Crippen molar-refractivity contribution in [1.29, 1.82) is 0 Å². The highest BCUT2D eigenvalue weighted by Crippen LogP contribution is 2.21. The molecule has 1 unspecified atom stereocenters. The molecule has 1 aliphatic rings. The van der Waals surface area contributed by atoms with Gasteiger partial charge in [0.15, 0.2) is 0 Å². The number of nitrogens with zero attached hydrogens (tertiary/aromatic N) is 2. The summed E-state index contributed by atoms with van der Waals surface area (Å²) in [5.41, 5.74) is 0.986. The molecule has 0 saturated carbocycles. The molecule has 0 aliphatic carbocycles. The molecule has 1 atom stereocenters. The van der Waals surface area contributed by atoms with Gasteiger partial charge in [-0.05, 0) is 45.4 Å². The number of carbonyl (C=O) groups is 1. The van der Waals surface area contributed by atoms with Crippen molar-refractivity contribution < 1.29 is 9.53 Å². The molecular formula is C15H23N3O2. The zero-order chi connectivity index (χ0) is 14.4. The molecule has 1 aromatic heterocycles. The summed E-state index contributed by atoms with van der Waals surface area (Å²) in [7, 11) is 0. The summed E-state index contributed by atoms with van der Waals surface area (Å²) in [6.45, 7) is 6.81. The molecular weight excluding hydrogens is 254 g/mol. The van der Waals surface area contributed by atoms with E-state index in [1.54, 1.807) is 0 Å². The van der Waals surface area contributed by atoms with E-state index < -0.39 is 0 Å². The number of aromatic nitrogens is 1.